The molecule has 0 aliphatic carbocycles. The molecule has 50 heavy (non-hydrogen) atoms. The van der Waals surface area contributed by atoms with Gasteiger partial charge >= 0.3 is 0 Å². The van der Waals surface area contributed by atoms with Gasteiger partial charge in [0.2, 0.25) is 23.6 Å². The average Bonchev–Trinajstić information content (AvgIpc) is 3.46. The number of nitrogens with zero attached hydrogens (tertiary/aromatic N) is 3. The highest BCUT2D eigenvalue weighted by Crippen LogP contribution is 2.22. The number of carbonyl (C=O) groups excluding carboxylic acids is 5. The molecule has 0 fully saturated rings. The highest BCUT2D eigenvalue weighted by atomic mass is 16.5. The average molecular weight is 688 g/mol. The molecule has 2 aliphatic heterocycles. The summed E-state index contributed by atoms with van der Waals surface area (Å²) in [5, 5.41) is 14.9. The lowest BCUT2D eigenvalue weighted by atomic mass is 10.0. The first kappa shape index (κ1) is 36.1. The molecule has 1 aromatic heterocycles. The Balaban J connectivity index is 1.39. The van der Waals surface area contributed by atoms with Crippen molar-refractivity contribution >= 4 is 29.5 Å². The lowest BCUT2D eigenvalue weighted by molar-refractivity contribution is -0.134. The quantitative estimate of drug-likeness (QED) is 0.299. The van der Waals surface area contributed by atoms with E-state index in [9.17, 15) is 24.0 Å². The third kappa shape index (κ3) is 9.91. The fourth-order valence-corrected chi connectivity index (χ4v) is 5.89. The van der Waals surface area contributed by atoms with E-state index >= 15 is 0 Å². The second-order valence-electron chi connectivity index (χ2n) is 13.1. The maximum Gasteiger partial charge on any atom is 0.274 e. The first-order chi connectivity index (χ1) is 24.0. The molecule has 3 atom stereocenters. The lowest BCUT2D eigenvalue weighted by Gasteiger charge is -2.27. The third-order valence-electron chi connectivity index (χ3n) is 8.56. The molecule has 2 aromatic carbocycles. The van der Waals surface area contributed by atoms with Gasteiger partial charge in [0.15, 0.2) is 11.5 Å². The first-order valence-corrected chi connectivity index (χ1v) is 17.0. The van der Waals surface area contributed by atoms with Crippen LogP contribution >= 0.6 is 0 Å². The van der Waals surface area contributed by atoms with Crippen molar-refractivity contribution in [3.05, 3.63) is 83.2 Å². The van der Waals surface area contributed by atoms with E-state index in [0.29, 0.717) is 26.1 Å². The SMILES string of the molecule is CC(C)C[C@H]1NC(=O)[C@@H](C)NC(=O)c2cc(on2)CN(C(=O)CN2CCOc3ccccc3C2)CCNC(=O)[C@@H](Cc2ccccc2)NC1=O. The molecule has 5 amide bonds. The van der Waals surface area contributed by atoms with E-state index < -0.39 is 41.8 Å². The van der Waals surface area contributed by atoms with Gasteiger partial charge in [0.1, 0.15) is 30.5 Å². The van der Waals surface area contributed by atoms with Gasteiger partial charge in [-0.15, -0.1) is 0 Å². The van der Waals surface area contributed by atoms with Crippen LogP contribution in [0, 0.1) is 5.92 Å². The number of benzene rings is 2. The van der Waals surface area contributed by atoms with Gasteiger partial charge in [-0.05, 0) is 30.9 Å². The molecular weight excluding hydrogens is 642 g/mol. The lowest BCUT2D eigenvalue weighted by Crippen LogP contribution is -2.57. The van der Waals surface area contributed by atoms with Crippen LogP contribution in [-0.2, 0) is 38.7 Å². The zero-order chi connectivity index (χ0) is 35.6. The summed E-state index contributed by atoms with van der Waals surface area (Å²) in [4.78, 5) is 70.9. The maximum atomic E-state index is 13.8. The number of aromatic nitrogens is 1. The van der Waals surface area contributed by atoms with Crippen molar-refractivity contribution < 1.29 is 33.2 Å². The predicted octanol–water partition coefficient (Wildman–Crippen LogP) is 1.40. The van der Waals surface area contributed by atoms with Gasteiger partial charge < -0.3 is 35.4 Å². The van der Waals surface area contributed by atoms with Crippen LogP contribution in [0.1, 0.15) is 54.6 Å². The van der Waals surface area contributed by atoms with Crippen LogP contribution in [0.15, 0.2) is 65.2 Å². The van der Waals surface area contributed by atoms with Gasteiger partial charge in [-0.1, -0.05) is 67.5 Å². The molecule has 0 saturated carbocycles. The monoisotopic (exact) mass is 687 g/mol. The van der Waals surface area contributed by atoms with Gasteiger partial charge in [-0.2, -0.15) is 0 Å². The molecule has 0 saturated heterocycles. The predicted molar refractivity (Wildman–Crippen MR) is 183 cm³/mol. The van der Waals surface area contributed by atoms with E-state index in [1.54, 1.807) is 0 Å². The van der Waals surface area contributed by atoms with Crippen LogP contribution in [0.2, 0.25) is 0 Å². The molecule has 14 heteroatoms. The normalized spacial score (nSPS) is 21.4. The Hall–Kier alpha value is -5.24. The molecule has 5 rings (SSSR count). The number of para-hydroxylation sites is 1. The third-order valence-corrected chi connectivity index (χ3v) is 8.56. The Morgan fingerprint density at radius 2 is 1.64 bits per heavy atom. The minimum Gasteiger partial charge on any atom is -0.492 e. The Kier molecular flexibility index (Phi) is 12.2. The molecule has 0 spiro atoms. The Bertz CT molecular complexity index is 1660. The summed E-state index contributed by atoms with van der Waals surface area (Å²) >= 11 is 0. The molecule has 266 valence electrons. The van der Waals surface area contributed by atoms with E-state index in [-0.39, 0.29) is 55.9 Å². The van der Waals surface area contributed by atoms with Crippen LogP contribution in [0.25, 0.3) is 0 Å². The summed E-state index contributed by atoms with van der Waals surface area (Å²) in [6, 6.07) is 15.4. The van der Waals surface area contributed by atoms with Crippen molar-refractivity contribution in [2.45, 2.75) is 64.8 Å². The van der Waals surface area contributed by atoms with Gasteiger partial charge in [-0.25, -0.2) is 0 Å². The minimum atomic E-state index is -1.02. The van der Waals surface area contributed by atoms with Crippen LogP contribution < -0.4 is 26.0 Å². The van der Waals surface area contributed by atoms with Crippen molar-refractivity contribution in [3.8, 4) is 5.75 Å². The molecule has 0 radical (unpaired) electrons. The summed E-state index contributed by atoms with van der Waals surface area (Å²) in [6.45, 7) is 7.03. The van der Waals surface area contributed by atoms with Crippen molar-refractivity contribution in [1.29, 1.82) is 0 Å². The highest BCUT2D eigenvalue weighted by molar-refractivity contribution is 5.97. The number of ether oxygens (including phenoxy) is 1. The zero-order valence-corrected chi connectivity index (χ0v) is 28.6. The Morgan fingerprint density at radius 1 is 0.900 bits per heavy atom. The number of nitrogens with one attached hydrogen (secondary N) is 4. The van der Waals surface area contributed by atoms with E-state index in [0.717, 1.165) is 16.9 Å². The summed E-state index contributed by atoms with van der Waals surface area (Å²) in [7, 11) is 0. The Morgan fingerprint density at radius 3 is 2.42 bits per heavy atom. The first-order valence-electron chi connectivity index (χ1n) is 17.0. The summed E-state index contributed by atoms with van der Waals surface area (Å²) < 4.78 is 11.3. The second-order valence-corrected chi connectivity index (χ2v) is 13.1. The number of carbonyl (C=O) groups is 5. The minimum absolute atomic E-state index is 0.0208. The fraction of sp³-hybridized carbons (Fsp3) is 0.444. The van der Waals surface area contributed by atoms with Crippen molar-refractivity contribution in [3.63, 3.8) is 0 Å². The van der Waals surface area contributed by atoms with Crippen molar-refractivity contribution in [1.82, 2.24) is 36.2 Å². The van der Waals surface area contributed by atoms with Crippen molar-refractivity contribution in [2.75, 3.05) is 32.8 Å². The number of amides is 5. The molecule has 2 aliphatic rings. The number of hydrogen-bond acceptors (Lipinski definition) is 9. The number of fused-ring (bicyclic) bond motifs is 3. The van der Waals surface area contributed by atoms with Gasteiger partial charge in [0, 0.05) is 44.2 Å². The number of hydrogen-bond donors (Lipinski definition) is 4. The summed E-state index contributed by atoms with van der Waals surface area (Å²) in [6.07, 6.45) is 0.506. The van der Waals surface area contributed by atoms with Crippen LogP contribution in [-0.4, -0.2) is 95.4 Å². The molecule has 4 N–H and O–H groups in total. The van der Waals surface area contributed by atoms with Crippen molar-refractivity contribution in [2.24, 2.45) is 5.92 Å². The molecular formula is C36H45N7O7. The standard InChI is InChI=1S/C36H45N7O7/c1-23(2)17-28-35(47)40-29(18-25-9-5-4-6-10-25)34(46)37-13-14-43(21-27-19-30(41-50-27)36(48)38-24(3)33(45)39-28)32(44)22-42-15-16-49-31-12-8-7-11-26(31)20-42/h4-12,19,23-24,28-29H,13-18,20-22H2,1-3H3,(H,37,46)(H,38,48)(H,39,45)(H,40,47)/t24-,28-,29-/m1/s1. The van der Waals surface area contributed by atoms with E-state index in [1.807, 2.05) is 73.3 Å². The van der Waals surface area contributed by atoms with Gasteiger partial charge in [-0.3, -0.25) is 28.9 Å². The molecule has 3 heterocycles. The van der Waals surface area contributed by atoms with E-state index in [2.05, 4.69) is 26.4 Å². The van der Waals surface area contributed by atoms with Gasteiger partial charge in [0.25, 0.3) is 5.91 Å². The molecule has 14 nitrogen and oxygen atoms in total. The van der Waals surface area contributed by atoms with Crippen LogP contribution in [0.5, 0.6) is 5.75 Å². The summed E-state index contributed by atoms with van der Waals surface area (Å²) in [5.74, 6) is -1.35. The summed E-state index contributed by atoms with van der Waals surface area (Å²) in [5.41, 5.74) is 1.74. The van der Waals surface area contributed by atoms with E-state index in [4.69, 9.17) is 9.26 Å². The molecule has 3 aromatic rings. The second kappa shape index (κ2) is 16.9. The smallest absolute Gasteiger partial charge is 0.274 e. The highest BCUT2D eigenvalue weighted by Gasteiger charge is 2.30. The number of rotatable bonds is 6. The van der Waals surface area contributed by atoms with Gasteiger partial charge in [0.05, 0.1) is 13.1 Å². The van der Waals surface area contributed by atoms with Crippen LogP contribution in [0.3, 0.4) is 0 Å². The maximum absolute atomic E-state index is 13.8. The fourth-order valence-electron chi connectivity index (χ4n) is 5.89. The Labute approximate surface area is 291 Å². The zero-order valence-electron chi connectivity index (χ0n) is 28.6. The van der Waals surface area contributed by atoms with E-state index in [1.165, 1.54) is 17.9 Å². The largest absolute Gasteiger partial charge is 0.492 e. The molecule has 2 bridgehead atoms. The molecule has 0 unspecified atom stereocenters. The topological polar surface area (TPSA) is 175 Å². The van der Waals surface area contributed by atoms with Crippen LogP contribution in [0.4, 0.5) is 0 Å².